The lowest BCUT2D eigenvalue weighted by molar-refractivity contribution is 0.826. The van der Waals surface area contributed by atoms with Gasteiger partial charge in [-0.05, 0) is 19.1 Å². The molecule has 0 radical (unpaired) electrons. The van der Waals surface area contributed by atoms with Gasteiger partial charge in [-0.2, -0.15) is 10.5 Å². The van der Waals surface area contributed by atoms with E-state index in [1.54, 1.807) is 6.07 Å². The van der Waals surface area contributed by atoms with Crippen molar-refractivity contribution < 1.29 is 0 Å². The van der Waals surface area contributed by atoms with Gasteiger partial charge < -0.3 is 4.90 Å². The van der Waals surface area contributed by atoms with Crippen molar-refractivity contribution in [3.8, 4) is 12.1 Å². The number of benzene rings is 1. The second-order valence-electron chi connectivity index (χ2n) is 3.12. The van der Waals surface area contributed by atoms with Crippen molar-refractivity contribution in [2.75, 3.05) is 18.0 Å². The molecule has 0 fully saturated rings. The molecule has 0 N–H and O–H groups in total. The quantitative estimate of drug-likeness (QED) is 0.747. The second kappa shape index (κ2) is 5.67. The highest BCUT2D eigenvalue weighted by Crippen LogP contribution is 2.19. The number of anilines is 1. The van der Waals surface area contributed by atoms with Crippen molar-refractivity contribution in [3.05, 3.63) is 29.8 Å². The van der Waals surface area contributed by atoms with E-state index in [9.17, 15) is 0 Å². The molecule has 0 bridgehead atoms. The van der Waals surface area contributed by atoms with Gasteiger partial charge in [0.05, 0.1) is 23.7 Å². The van der Waals surface area contributed by atoms with E-state index < -0.39 is 0 Å². The summed E-state index contributed by atoms with van der Waals surface area (Å²) in [6.45, 7) is 3.50. The molecule has 15 heavy (non-hydrogen) atoms. The van der Waals surface area contributed by atoms with Crippen LogP contribution in [0, 0.1) is 22.7 Å². The Labute approximate surface area is 90.2 Å². The summed E-state index contributed by atoms with van der Waals surface area (Å²) in [5, 5.41) is 17.5. The lowest BCUT2D eigenvalue weighted by Crippen LogP contribution is -2.24. The van der Waals surface area contributed by atoms with E-state index in [1.807, 2.05) is 30.0 Å². The zero-order valence-electron chi connectivity index (χ0n) is 8.77. The Bertz CT molecular complexity index is 398. The van der Waals surface area contributed by atoms with Crippen LogP contribution in [0.2, 0.25) is 0 Å². The number of hydrogen-bond acceptors (Lipinski definition) is 3. The van der Waals surface area contributed by atoms with Crippen molar-refractivity contribution in [1.82, 2.24) is 0 Å². The average molecular weight is 199 g/mol. The maximum atomic E-state index is 8.95. The fourth-order valence-corrected chi connectivity index (χ4v) is 1.48. The standard InChI is InChI=1S/C12H13N3/c1-2-15(9-5-8-13)12-7-4-3-6-11(12)10-14/h3-4,6-7H,2,5,9H2,1H3. The van der Waals surface area contributed by atoms with Crippen molar-refractivity contribution >= 4 is 5.69 Å². The highest BCUT2D eigenvalue weighted by molar-refractivity contribution is 5.59. The van der Waals surface area contributed by atoms with Crippen LogP contribution in [0.1, 0.15) is 18.9 Å². The molecule has 0 aliphatic carbocycles. The molecule has 0 amide bonds. The Morgan fingerprint density at radius 2 is 2.00 bits per heavy atom. The van der Waals surface area contributed by atoms with E-state index >= 15 is 0 Å². The first-order chi connectivity index (χ1) is 7.33. The Balaban J connectivity index is 2.92. The minimum Gasteiger partial charge on any atom is -0.370 e. The Morgan fingerprint density at radius 3 is 2.60 bits per heavy atom. The number of hydrogen-bond donors (Lipinski definition) is 0. The van der Waals surface area contributed by atoms with Gasteiger partial charge in [0.1, 0.15) is 6.07 Å². The van der Waals surface area contributed by atoms with E-state index in [0.717, 1.165) is 12.2 Å². The molecule has 0 saturated carbocycles. The molecule has 1 aromatic rings. The zero-order chi connectivity index (χ0) is 11.1. The minimum absolute atomic E-state index is 0.480. The molecule has 0 spiro atoms. The molecule has 3 nitrogen and oxygen atoms in total. The van der Waals surface area contributed by atoms with Gasteiger partial charge in [-0.25, -0.2) is 0 Å². The van der Waals surface area contributed by atoms with Gasteiger partial charge in [-0.3, -0.25) is 0 Å². The van der Waals surface area contributed by atoms with E-state index in [2.05, 4.69) is 12.1 Å². The van der Waals surface area contributed by atoms with E-state index in [4.69, 9.17) is 10.5 Å². The molecular weight excluding hydrogens is 186 g/mol. The van der Waals surface area contributed by atoms with E-state index in [1.165, 1.54) is 0 Å². The second-order valence-corrected chi connectivity index (χ2v) is 3.12. The summed E-state index contributed by atoms with van der Waals surface area (Å²) < 4.78 is 0. The largest absolute Gasteiger partial charge is 0.370 e. The number of nitriles is 2. The third kappa shape index (κ3) is 2.72. The van der Waals surface area contributed by atoms with Crippen molar-refractivity contribution in [3.63, 3.8) is 0 Å². The zero-order valence-corrected chi connectivity index (χ0v) is 8.77. The van der Waals surface area contributed by atoms with Crippen LogP contribution < -0.4 is 4.90 Å². The molecule has 0 atom stereocenters. The topological polar surface area (TPSA) is 50.8 Å². The Kier molecular flexibility index (Phi) is 4.19. The summed E-state index contributed by atoms with van der Waals surface area (Å²) in [5.41, 5.74) is 1.58. The smallest absolute Gasteiger partial charge is 0.101 e. The fourth-order valence-electron chi connectivity index (χ4n) is 1.48. The molecular formula is C12H13N3. The van der Waals surface area contributed by atoms with Crippen LogP contribution in [0.3, 0.4) is 0 Å². The summed E-state index contributed by atoms with van der Waals surface area (Å²) in [6.07, 6.45) is 0.480. The maximum Gasteiger partial charge on any atom is 0.101 e. The molecule has 76 valence electrons. The highest BCUT2D eigenvalue weighted by Gasteiger charge is 2.07. The number of nitrogens with zero attached hydrogens (tertiary/aromatic N) is 3. The van der Waals surface area contributed by atoms with Crippen LogP contribution in [0.5, 0.6) is 0 Å². The third-order valence-electron chi connectivity index (χ3n) is 2.24. The molecule has 0 unspecified atom stereocenters. The summed E-state index contributed by atoms with van der Waals surface area (Å²) in [7, 11) is 0. The Morgan fingerprint density at radius 1 is 1.27 bits per heavy atom. The molecule has 0 aromatic heterocycles. The van der Waals surface area contributed by atoms with Crippen LogP contribution in [0.25, 0.3) is 0 Å². The van der Waals surface area contributed by atoms with Gasteiger partial charge in [0.25, 0.3) is 0 Å². The fraction of sp³-hybridized carbons (Fsp3) is 0.333. The summed E-state index contributed by atoms with van der Waals surface area (Å²) in [4.78, 5) is 2.04. The van der Waals surface area contributed by atoms with Crippen molar-refractivity contribution in [1.29, 1.82) is 10.5 Å². The van der Waals surface area contributed by atoms with Gasteiger partial charge in [-0.15, -0.1) is 0 Å². The Hall–Kier alpha value is -2.00. The van der Waals surface area contributed by atoms with Gasteiger partial charge >= 0.3 is 0 Å². The average Bonchev–Trinajstić information content (AvgIpc) is 2.30. The van der Waals surface area contributed by atoms with Crippen LogP contribution in [-0.4, -0.2) is 13.1 Å². The number of para-hydroxylation sites is 1. The van der Waals surface area contributed by atoms with Crippen LogP contribution in [0.15, 0.2) is 24.3 Å². The molecule has 3 heteroatoms. The van der Waals surface area contributed by atoms with Crippen LogP contribution in [0.4, 0.5) is 5.69 Å². The third-order valence-corrected chi connectivity index (χ3v) is 2.24. The van der Waals surface area contributed by atoms with Crippen LogP contribution >= 0.6 is 0 Å². The monoisotopic (exact) mass is 199 g/mol. The lowest BCUT2D eigenvalue weighted by Gasteiger charge is -2.22. The predicted octanol–water partition coefficient (Wildman–Crippen LogP) is 2.30. The molecule has 0 heterocycles. The van der Waals surface area contributed by atoms with E-state index in [-0.39, 0.29) is 0 Å². The SMILES string of the molecule is CCN(CCC#N)c1ccccc1C#N. The highest BCUT2D eigenvalue weighted by atomic mass is 15.1. The van der Waals surface area contributed by atoms with Gasteiger partial charge in [0.2, 0.25) is 0 Å². The van der Waals surface area contributed by atoms with Crippen molar-refractivity contribution in [2.45, 2.75) is 13.3 Å². The lowest BCUT2D eigenvalue weighted by atomic mass is 10.1. The maximum absolute atomic E-state index is 8.95. The molecule has 0 aliphatic heterocycles. The predicted molar refractivity (Wildman–Crippen MR) is 59.3 cm³/mol. The normalized spacial score (nSPS) is 9.00. The molecule has 0 saturated heterocycles. The van der Waals surface area contributed by atoms with Crippen molar-refractivity contribution in [2.24, 2.45) is 0 Å². The molecule has 1 rings (SSSR count). The minimum atomic E-state index is 0.480. The van der Waals surface area contributed by atoms with Gasteiger partial charge in [0.15, 0.2) is 0 Å². The molecule has 1 aromatic carbocycles. The summed E-state index contributed by atoms with van der Waals surface area (Å²) in [5.74, 6) is 0. The number of rotatable bonds is 4. The van der Waals surface area contributed by atoms with Gasteiger partial charge in [0, 0.05) is 13.1 Å². The summed E-state index contributed by atoms with van der Waals surface area (Å²) in [6, 6.07) is 11.7. The molecule has 0 aliphatic rings. The van der Waals surface area contributed by atoms with Gasteiger partial charge in [-0.1, -0.05) is 12.1 Å². The first-order valence-electron chi connectivity index (χ1n) is 4.94. The van der Waals surface area contributed by atoms with Crippen LogP contribution in [-0.2, 0) is 0 Å². The summed E-state index contributed by atoms with van der Waals surface area (Å²) >= 11 is 0. The first-order valence-corrected chi connectivity index (χ1v) is 4.94. The first kappa shape index (κ1) is 11.1. The van der Waals surface area contributed by atoms with E-state index in [0.29, 0.717) is 18.5 Å².